The van der Waals surface area contributed by atoms with Crippen LogP contribution in [0.1, 0.15) is 83.4 Å². The van der Waals surface area contributed by atoms with Crippen molar-refractivity contribution in [1.29, 1.82) is 0 Å². The number of rotatable bonds is 20. The van der Waals surface area contributed by atoms with E-state index in [1.165, 1.54) is 0 Å². The largest absolute Gasteiger partial charge is 0.445 e. The van der Waals surface area contributed by atoms with Gasteiger partial charge in [-0.3, -0.25) is 4.79 Å². The Labute approximate surface area is 394 Å². The molecule has 7 unspecified atom stereocenters. The Morgan fingerprint density at radius 3 is 1.82 bits per heavy atom. The standard InChI is InChI=1S/C51H71N3O13/c1-6-7-17-31(2)47(58)53-40-44(61-28-35-18-11-8-12-19-35)41(54-51(60)63-30-37-22-15-10-16-23-37)46(43(57)45(40)67-49-34(5)33(4)42(56)39(27-55)65-49)66-48-32(3)24-25-38(64-48)26-52-50(59)62-29-36-20-13-9-14-21-36/h8-16,18-23,31-34,38-46,48-49,55-57H,6-7,17,24-30H2,1-5H3,(H,52,59)(H,53,58)(H,54,60)/t31-,32?,33+,34?,38?,39?,40+,41-,42-,43?,44?,45-,46?,48+,49+/m0/s1. The van der Waals surface area contributed by atoms with Crippen molar-refractivity contribution in [1.82, 2.24) is 16.0 Å². The summed E-state index contributed by atoms with van der Waals surface area (Å²) in [7, 11) is 0. The quantitative estimate of drug-likeness (QED) is 0.0799. The van der Waals surface area contributed by atoms with E-state index in [2.05, 4.69) is 16.0 Å². The van der Waals surface area contributed by atoms with Gasteiger partial charge in [0.1, 0.15) is 43.7 Å². The molecule has 16 heteroatoms. The molecule has 1 aliphatic carbocycles. The van der Waals surface area contributed by atoms with Crippen LogP contribution in [-0.4, -0.2) is 114 Å². The zero-order valence-electron chi connectivity index (χ0n) is 39.3. The average molecular weight is 934 g/mol. The Balaban J connectivity index is 1.34. The van der Waals surface area contributed by atoms with Crippen molar-refractivity contribution >= 4 is 18.1 Å². The van der Waals surface area contributed by atoms with Crippen LogP contribution in [0.2, 0.25) is 0 Å². The lowest BCUT2D eigenvalue weighted by atomic mass is 9.79. The Morgan fingerprint density at radius 2 is 1.24 bits per heavy atom. The number of carbonyl (C=O) groups excluding carboxylic acids is 3. The summed E-state index contributed by atoms with van der Waals surface area (Å²) in [6, 6.07) is 25.6. The van der Waals surface area contributed by atoms with E-state index in [1.807, 2.05) is 126 Å². The van der Waals surface area contributed by atoms with Gasteiger partial charge in [0.05, 0.1) is 37.5 Å². The molecule has 3 aromatic carbocycles. The van der Waals surface area contributed by atoms with Crippen molar-refractivity contribution in [3.8, 4) is 0 Å². The van der Waals surface area contributed by atoms with Crippen LogP contribution in [0.4, 0.5) is 9.59 Å². The van der Waals surface area contributed by atoms with Crippen LogP contribution in [-0.2, 0) is 57.8 Å². The fourth-order valence-corrected chi connectivity index (χ4v) is 8.85. The van der Waals surface area contributed by atoms with Gasteiger partial charge in [0, 0.05) is 24.3 Å². The number of nitrogens with one attached hydrogen (secondary N) is 3. The van der Waals surface area contributed by atoms with Crippen molar-refractivity contribution in [3.05, 3.63) is 108 Å². The Morgan fingerprint density at radius 1 is 0.687 bits per heavy atom. The molecule has 6 rings (SSSR count). The van der Waals surface area contributed by atoms with E-state index in [0.717, 1.165) is 29.5 Å². The molecule has 2 aliphatic heterocycles. The number of carbonyl (C=O) groups is 3. The number of ether oxygens (including phenoxy) is 7. The van der Waals surface area contributed by atoms with Gasteiger partial charge in [-0.15, -0.1) is 0 Å². The molecule has 1 saturated carbocycles. The summed E-state index contributed by atoms with van der Waals surface area (Å²) in [6.07, 6.45) is -7.73. The SMILES string of the molecule is CCCC[C@H](C)C(=O)N[C@@H]1C(OCc2ccccc2)[C@H](NC(=O)OCc2ccccc2)C(O[C@H]2OC(CNC(=O)OCc3ccccc3)CCC2C)C(O)[C@H]1O[C@H]1OC(CO)[C@@H](O)[C@H](C)C1C. The number of amides is 3. The predicted molar refractivity (Wildman–Crippen MR) is 247 cm³/mol. The third-order valence-corrected chi connectivity index (χ3v) is 13.3. The minimum Gasteiger partial charge on any atom is -0.445 e. The zero-order valence-corrected chi connectivity index (χ0v) is 39.3. The fraction of sp³-hybridized carbons (Fsp3) is 0.588. The average Bonchev–Trinajstić information content (AvgIpc) is 3.34. The number of hydrogen-bond acceptors (Lipinski definition) is 13. The molecule has 2 heterocycles. The summed E-state index contributed by atoms with van der Waals surface area (Å²) in [4.78, 5) is 41.0. The molecule has 6 N–H and O–H groups in total. The lowest BCUT2D eigenvalue weighted by molar-refractivity contribution is -0.320. The van der Waals surface area contributed by atoms with E-state index in [9.17, 15) is 29.7 Å². The van der Waals surface area contributed by atoms with E-state index < -0.39 is 98.0 Å². The second-order valence-electron chi connectivity index (χ2n) is 18.3. The Bertz CT molecular complexity index is 1950. The maximum atomic E-state index is 14.2. The lowest BCUT2D eigenvalue weighted by Gasteiger charge is -2.52. The molecule has 3 fully saturated rings. The highest BCUT2D eigenvalue weighted by molar-refractivity contribution is 5.78. The van der Waals surface area contributed by atoms with Crippen LogP contribution in [0.25, 0.3) is 0 Å². The van der Waals surface area contributed by atoms with Crippen LogP contribution < -0.4 is 16.0 Å². The molecule has 0 aromatic heterocycles. The van der Waals surface area contributed by atoms with Crippen LogP contribution in [0.5, 0.6) is 0 Å². The summed E-state index contributed by atoms with van der Waals surface area (Å²) >= 11 is 0. The maximum absolute atomic E-state index is 14.2. The molecule has 3 amide bonds. The highest BCUT2D eigenvalue weighted by atomic mass is 16.7. The number of unbranched alkanes of at least 4 members (excludes halogenated alkanes) is 1. The van der Waals surface area contributed by atoms with Gasteiger partial charge in [0.15, 0.2) is 12.6 Å². The smallest absolute Gasteiger partial charge is 0.407 e. The first-order chi connectivity index (χ1) is 32.4. The molecule has 0 bridgehead atoms. The Kier molecular flexibility index (Phi) is 19.8. The van der Waals surface area contributed by atoms with Gasteiger partial charge in [-0.1, -0.05) is 138 Å². The summed E-state index contributed by atoms with van der Waals surface area (Å²) in [5.74, 6) is -1.78. The van der Waals surface area contributed by atoms with Crippen LogP contribution in [0, 0.1) is 23.7 Å². The first-order valence-electron chi connectivity index (χ1n) is 23.8. The number of alkyl carbamates (subject to hydrolysis) is 2. The molecule has 0 radical (unpaired) electrons. The monoisotopic (exact) mass is 933 g/mol. The zero-order chi connectivity index (χ0) is 47.9. The van der Waals surface area contributed by atoms with E-state index in [0.29, 0.717) is 19.3 Å². The molecule has 3 aliphatic rings. The molecular weight excluding hydrogens is 863 g/mol. The highest BCUT2D eigenvalue weighted by Crippen LogP contribution is 2.38. The number of aliphatic hydroxyl groups excluding tert-OH is 3. The van der Waals surface area contributed by atoms with Crippen molar-refractivity contribution in [2.45, 2.75) is 154 Å². The third kappa shape index (κ3) is 14.4. The summed E-state index contributed by atoms with van der Waals surface area (Å²) in [5, 5.41) is 42.9. The normalized spacial score (nSPS) is 31.2. The summed E-state index contributed by atoms with van der Waals surface area (Å²) < 4.78 is 44.3. The number of benzene rings is 3. The highest BCUT2D eigenvalue weighted by Gasteiger charge is 2.57. The van der Waals surface area contributed by atoms with E-state index >= 15 is 0 Å². The van der Waals surface area contributed by atoms with E-state index in [-0.39, 0.29) is 44.1 Å². The third-order valence-electron chi connectivity index (χ3n) is 13.3. The predicted octanol–water partition coefficient (Wildman–Crippen LogP) is 5.74. The topological polar surface area (TPSA) is 213 Å². The minimum absolute atomic E-state index is 0.0344. The second kappa shape index (κ2) is 25.6. The van der Waals surface area contributed by atoms with Gasteiger partial charge in [-0.2, -0.15) is 0 Å². The van der Waals surface area contributed by atoms with Gasteiger partial charge < -0.3 is 64.4 Å². The van der Waals surface area contributed by atoms with Gasteiger partial charge in [-0.05, 0) is 41.9 Å². The summed E-state index contributed by atoms with van der Waals surface area (Å²) in [6.45, 7) is 9.22. The van der Waals surface area contributed by atoms with Crippen molar-refractivity contribution < 1.29 is 62.9 Å². The molecule has 16 nitrogen and oxygen atoms in total. The summed E-state index contributed by atoms with van der Waals surface area (Å²) in [5.41, 5.74) is 2.40. The molecule has 67 heavy (non-hydrogen) atoms. The number of aliphatic hydroxyl groups is 3. The van der Waals surface area contributed by atoms with Crippen molar-refractivity contribution in [3.63, 3.8) is 0 Å². The van der Waals surface area contributed by atoms with Crippen LogP contribution in [0.15, 0.2) is 91.0 Å². The van der Waals surface area contributed by atoms with E-state index in [1.54, 1.807) is 0 Å². The van der Waals surface area contributed by atoms with Gasteiger partial charge in [0.2, 0.25) is 5.91 Å². The Hall–Kier alpha value is -4.65. The molecule has 0 spiro atoms. The number of hydrogen-bond donors (Lipinski definition) is 6. The van der Waals surface area contributed by atoms with Crippen LogP contribution in [0.3, 0.4) is 0 Å². The van der Waals surface area contributed by atoms with Crippen molar-refractivity contribution in [2.24, 2.45) is 23.7 Å². The first-order valence-corrected chi connectivity index (χ1v) is 23.8. The van der Waals surface area contributed by atoms with Crippen molar-refractivity contribution in [2.75, 3.05) is 13.2 Å². The molecular formula is C51H71N3O13. The molecule has 15 atom stereocenters. The molecule has 368 valence electrons. The molecule has 2 saturated heterocycles. The maximum Gasteiger partial charge on any atom is 0.407 e. The van der Waals surface area contributed by atoms with Crippen LogP contribution >= 0.6 is 0 Å². The first kappa shape index (κ1) is 51.7. The van der Waals surface area contributed by atoms with Gasteiger partial charge in [0.25, 0.3) is 0 Å². The fourth-order valence-electron chi connectivity index (χ4n) is 8.85. The second-order valence-corrected chi connectivity index (χ2v) is 18.3. The van der Waals surface area contributed by atoms with Gasteiger partial charge in [-0.25, -0.2) is 9.59 Å². The molecule has 3 aromatic rings. The van der Waals surface area contributed by atoms with Gasteiger partial charge >= 0.3 is 12.2 Å². The minimum atomic E-state index is -1.58. The van der Waals surface area contributed by atoms with E-state index in [4.69, 9.17) is 33.2 Å². The lowest BCUT2D eigenvalue weighted by Crippen LogP contribution is -2.74.